The molecule has 0 radical (unpaired) electrons. The molecule has 5 nitrogen and oxygen atoms in total. The number of hydrogen-bond donors (Lipinski definition) is 1. The van der Waals surface area contributed by atoms with Gasteiger partial charge in [0, 0.05) is 26.2 Å². The quantitative estimate of drug-likeness (QED) is 0.904. The van der Waals surface area contributed by atoms with Crippen molar-refractivity contribution < 1.29 is 14.7 Å². The van der Waals surface area contributed by atoms with Gasteiger partial charge in [0.15, 0.2) is 0 Å². The van der Waals surface area contributed by atoms with Crippen molar-refractivity contribution in [2.75, 3.05) is 26.2 Å². The molecule has 0 spiro atoms. The monoisotopic (exact) mass is 290 g/mol. The highest BCUT2D eigenvalue weighted by atomic mass is 16.4. The van der Waals surface area contributed by atoms with E-state index in [-0.39, 0.29) is 5.91 Å². The Bertz CT molecular complexity index is 522. The minimum Gasteiger partial charge on any atom is -0.480 e. The average Bonchev–Trinajstić information content (AvgIpc) is 2.49. The minimum absolute atomic E-state index is 0.118. The Balaban J connectivity index is 1.89. The van der Waals surface area contributed by atoms with Crippen LogP contribution in [0.3, 0.4) is 0 Å². The lowest BCUT2D eigenvalue weighted by Crippen LogP contribution is -2.53. The molecule has 1 aromatic rings. The minimum atomic E-state index is -0.810. The summed E-state index contributed by atoms with van der Waals surface area (Å²) in [5.41, 5.74) is 2.19. The number of carbonyl (C=O) groups is 2. The van der Waals surface area contributed by atoms with Crippen molar-refractivity contribution in [2.45, 2.75) is 26.3 Å². The van der Waals surface area contributed by atoms with Gasteiger partial charge in [0.05, 0.1) is 6.42 Å². The summed E-state index contributed by atoms with van der Waals surface area (Å²) in [5.74, 6) is -0.693. The first-order valence-corrected chi connectivity index (χ1v) is 7.28. The topological polar surface area (TPSA) is 60.9 Å². The lowest BCUT2D eigenvalue weighted by molar-refractivity contribution is -0.144. The number of rotatable bonds is 4. The van der Waals surface area contributed by atoms with Crippen LogP contribution in [0.2, 0.25) is 0 Å². The molecule has 21 heavy (non-hydrogen) atoms. The van der Waals surface area contributed by atoms with Crippen molar-refractivity contribution in [3.63, 3.8) is 0 Å². The SMILES string of the molecule is Cc1ccccc1CC(=O)N1CCN([C@@H](C)C(=O)O)CC1. The van der Waals surface area contributed by atoms with E-state index >= 15 is 0 Å². The molecule has 1 saturated heterocycles. The van der Waals surface area contributed by atoms with Gasteiger partial charge in [-0.1, -0.05) is 24.3 Å². The fourth-order valence-electron chi connectivity index (χ4n) is 2.60. The molecule has 0 unspecified atom stereocenters. The molecule has 1 N–H and O–H groups in total. The maximum Gasteiger partial charge on any atom is 0.320 e. The van der Waals surface area contributed by atoms with Crippen molar-refractivity contribution in [3.8, 4) is 0 Å². The molecular formula is C16H22N2O3. The van der Waals surface area contributed by atoms with Crippen LogP contribution in [-0.2, 0) is 16.0 Å². The van der Waals surface area contributed by atoms with E-state index in [9.17, 15) is 9.59 Å². The number of carbonyl (C=O) groups excluding carboxylic acids is 1. The molecule has 1 atom stereocenters. The lowest BCUT2D eigenvalue weighted by Gasteiger charge is -2.36. The Morgan fingerprint density at radius 1 is 1.19 bits per heavy atom. The zero-order chi connectivity index (χ0) is 15.4. The first-order chi connectivity index (χ1) is 9.99. The van der Waals surface area contributed by atoms with Crippen LogP contribution >= 0.6 is 0 Å². The molecule has 1 fully saturated rings. The molecule has 1 aliphatic heterocycles. The summed E-state index contributed by atoms with van der Waals surface area (Å²) in [6.07, 6.45) is 0.418. The van der Waals surface area contributed by atoms with Gasteiger partial charge < -0.3 is 10.0 Å². The van der Waals surface area contributed by atoms with Gasteiger partial charge in [0.25, 0.3) is 0 Å². The van der Waals surface area contributed by atoms with Gasteiger partial charge in [-0.2, -0.15) is 0 Å². The highest BCUT2D eigenvalue weighted by Gasteiger charge is 2.27. The molecule has 0 saturated carbocycles. The second-order valence-corrected chi connectivity index (χ2v) is 5.53. The van der Waals surface area contributed by atoms with Gasteiger partial charge in [-0.15, -0.1) is 0 Å². The van der Waals surface area contributed by atoms with Crippen LogP contribution in [0.15, 0.2) is 24.3 Å². The maximum atomic E-state index is 12.3. The van der Waals surface area contributed by atoms with E-state index < -0.39 is 12.0 Å². The van der Waals surface area contributed by atoms with Gasteiger partial charge in [-0.25, -0.2) is 0 Å². The molecule has 0 aromatic heterocycles. The number of aryl methyl sites for hydroxylation is 1. The van der Waals surface area contributed by atoms with Crippen LogP contribution in [0.1, 0.15) is 18.1 Å². The fraction of sp³-hybridized carbons (Fsp3) is 0.500. The van der Waals surface area contributed by atoms with Crippen molar-refractivity contribution in [3.05, 3.63) is 35.4 Å². The Morgan fingerprint density at radius 2 is 1.81 bits per heavy atom. The zero-order valence-corrected chi connectivity index (χ0v) is 12.6. The standard InChI is InChI=1S/C16H22N2O3/c1-12-5-3-4-6-14(12)11-15(19)18-9-7-17(8-10-18)13(2)16(20)21/h3-6,13H,7-11H2,1-2H3,(H,20,21)/t13-/m0/s1. The summed E-state index contributed by atoms with van der Waals surface area (Å²) in [4.78, 5) is 27.0. The van der Waals surface area contributed by atoms with Crippen LogP contribution in [0, 0.1) is 6.92 Å². The summed E-state index contributed by atoms with van der Waals surface area (Å²) in [6.45, 7) is 6.13. The van der Waals surface area contributed by atoms with Gasteiger partial charge >= 0.3 is 5.97 Å². The van der Waals surface area contributed by atoms with Gasteiger partial charge in [0.1, 0.15) is 6.04 Å². The van der Waals surface area contributed by atoms with E-state index in [2.05, 4.69) is 0 Å². The van der Waals surface area contributed by atoms with E-state index in [1.54, 1.807) is 6.92 Å². The Hall–Kier alpha value is -1.88. The maximum absolute atomic E-state index is 12.3. The average molecular weight is 290 g/mol. The third-order valence-electron chi connectivity index (χ3n) is 4.18. The van der Waals surface area contributed by atoms with Crippen LogP contribution in [0.25, 0.3) is 0 Å². The number of benzene rings is 1. The normalized spacial score (nSPS) is 17.5. The highest BCUT2D eigenvalue weighted by molar-refractivity contribution is 5.79. The van der Waals surface area contributed by atoms with E-state index in [1.807, 2.05) is 41.0 Å². The largest absolute Gasteiger partial charge is 0.480 e. The number of amides is 1. The fourth-order valence-corrected chi connectivity index (χ4v) is 2.60. The highest BCUT2D eigenvalue weighted by Crippen LogP contribution is 2.12. The molecule has 2 rings (SSSR count). The first-order valence-electron chi connectivity index (χ1n) is 7.28. The lowest BCUT2D eigenvalue weighted by atomic mass is 10.1. The number of aliphatic carboxylic acids is 1. The van der Waals surface area contributed by atoms with Crippen LogP contribution < -0.4 is 0 Å². The zero-order valence-electron chi connectivity index (χ0n) is 12.6. The molecule has 114 valence electrons. The molecule has 5 heteroatoms. The molecule has 0 aliphatic carbocycles. The summed E-state index contributed by atoms with van der Waals surface area (Å²) in [5, 5.41) is 9.01. The second-order valence-electron chi connectivity index (χ2n) is 5.53. The summed E-state index contributed by atoms with van der Waals surface area (Å²) < 4.78 is 0. The smallest absolute Gasteiger partial charge is 0.320 e. The van der Waals surface area contributed by atoms with Gasteiger partial charge in [0.2, 0.25) is 5.91 Å². The van der Waals surface area contributed by atoms with Crippen molar-refractivity contribution in [2.24, 2.45) is 0 Å². The van der Waals surface area contributed by atoms with E-state index in [1.165, 1.54) is 0 Å². The van der Waals surface area contributed by atoms with E-state index in [0.29, 0.717) is 32.6 Å². The molecule has 0 bridgehead atoms. The van der Waals surface area contributed by atoms with Crippen LogP contribution in [0.4, 0.5) is 0 Å². The van der Waals surface area contributed by atoms with Crippen LogP contribution in [-0.4, -0.2) is 59.0 Å². The molecule has 1 aliphatic rings. The summed E-state index contributed by atoms with van der Waals surface area (Å²) in [7, 11) is 0. The summed E-state index contributed by atoms with van der Waals surface area (Å²) in [6, 6.07) is 7.42. The summed E-state index contributed by atoms with van der Waals surface area (Å²) >= 11 is 0. The first kappa shape index (κ1) is 15.5. The Morgan fingerprint density at radius 3 is 2.38 bits per heavy atom. The third kappa shape index (κ3) is 3.82. The van der Waals surface area contributed by atoms with Crippen molar-refractivity contribution >= 4 is 11.9 Å². The molecule has 1 amide bonds. The number of nitrogens with zero attached hydrogens (tertiary/aromatic N) is 2. The Kier molecular flexibility index (Phi) is 4.96. The van der Waals surface area contributed by atoms with E-state index in [4.69, 9.17) is 5.11 Å². The Labute approximate surface area is 125 Å². The predicted molar refractivity (Wildman–Crippen MR) is 80.1 cm³/mol. The number of hydrogen-bond acceptors (Lipinski definition) is 3. The van der Waals surface area contributed by atoms with Crippen molar-refractivity contribution in [1.29, 1.82) is 0 Å². The molecule has 1 aromatic carbocycles. The number of carboxylic acids is 1. The second kappa shape index (κ2) is 6.72. The molecule has 1 heterocycles. The van der Waals surface area contributed by atoms with E-state index in [0.717, 1.165) is 11.1 Å². The van der Waals surface area contributed by atoms with Crippen LogP contribution in [0.5, 0.6) is 0 Å². The van der Waals surface area contributed by atoms with Gasteiger partial charge in [-0.3, -0.25) is 14.5 Å². The predicted octanol–water partition coefficient (Wildman–Crippen LogP) is 1.15. The van der Waals surface area contributed by atoms with Crippen molar-refractivity contribution in [1.82, 2.24) is 9.80 Å². The number of piperazine rings is 1. The van der Waals surface area contributed by atoms with Gasteiger partial charge in [-0.05, 0) is 25.0 Å². The molecular weight excluding hydrogens is 268 g/mol. The third-order valence-corrected chi connectivity index (χ3v) is 4.18. The number of carboxylic acid groups (broad SMARTS) is 1.